The molecule has 5 nitrogen and oxygen atoms in total. The number of nitrogens with one attached hydrogen (secondary N) is 1. The first-order chi connectivity index (χ1) is 9.15. The number of H-pyrrole nitrogens is 1. The molecule has 0 radical (unpaired) electrons. The first-order valence-corrected chi connectivity index (χ1v) is 6.46. The fourth-order valence-electron chi connectivity index (χ4n) is 3.60. The van der Waals surface area contributed by atoms with Crippen LogP contribution in [0, 0.1) is 0 Å². The maximum Gasteiger partial charge on any atom is 0.327 e. The molecule has 1 fully saturated rings. The highest BCUT2D eigenvalue weighted by atomic mass is 35.5. The Morgan fingerprint density at radius 3 is 2.95 bits per heavy atom. The second-order valence-electron chi connectivity index (χ2n) is 5.40. The lowest BCUT2D eigenvalue weighted by molar-refractivity contribution is -0.143. The Hall–Kier alpha value is -1.72. The number of carboxylic acid groups (broad SMARTS) is 1. The van der Waals surface area contributed by atoms with Gasteiger partial charge in [0.05, 0.1) is 0 Å². The monoisotopic (exact) mass is 294 g/mol. The molecule has 2 aliphatic rings. The Kier molecular flexibility index (Phi) is 2.92. The number of phenols is 1. The summed E-state index contributed by atoms with van der Waals surface area (Å²) in [6.45, 7) is 1.62. The highest BCUT2D eigenvalue weighted by Crippen LogP contribution is 2.46. The number of nitrogens with zero attached hydrogens (tertiary/aromatic N) is 1. The van der Waals surface area contributed by atoms with Crippen LogP contribution in [-0.2, 0) is 4.79 Å². The molecule has 3 heterocycles. The molecule has 3 N–H and O–H groups in total. The smallest absolute Gasteiger partial charge is 0.327 e. The van der Waals surface area contributed by atoms with E-state index in [2.05, 4.69) is 4.98 Å². The molecule has 3 atom stereocenters. The van der Waals surface area contributed by atoms with E-state index in [1.54, 1.807) is 12.1 Å². The number of hydrogen-bond acceptors (Lipinski definition) is 3. The molecule has 6 heteroatoms. The van der Waals surface area contributed by atoms with Crippen molar-refractivity contribution in [2.75, 3.05) is 13.1 Å². The summed E-state index contributed by atoms with van der Waals surface area (Å²) in [5.74, 6) is -0.208. The number of hydrogen-bond donors (Lipinski definition) is 3. The number of aromatic hydroxyl groups is 1. The normalized spacial score (nSPS) is 27.1. The number of benzene rings is 1. The van der Waals surface area contributed by atoms with Crippen LogP contribution in [0.1, 0.15) is 29.6 Å². The van der Waals surface area contributed by atoms with E-state index in [0.717, 1.165) is 41.7 Å². The number of aromatic nitrogens is 1. The van der Waals surface area contributed by atoms with Crippen LogP contribution in [0.2, 0.25) is 0 Å². The van der Waals surface area contributed by atoms with Gasteiger partial charge in [0.1, 0.15) is 11.8 Å². The first kappa shape index (κ1) is 13.3. The van der Waals surface area contributed by atoms with E-state index in [9.17, 15) is 15.0 Å². The number of carbonyl (C=O) groups is 1. The summed E-state index contributed by atoms with van der Waals surface area (Å²) < 4.78 is 0. The topological polar surface area (TPSA) is 76.6 Å². The van der Waals surface area contributed by atoms with E-state index in [-0.39, 0.29) is 18.2 Å². The Morgan fingerprint density at radius 2 is 2.20 bits per heavy atom. The fraction of sp³-hybridized carbons (Fsp3) is 0.357. The molecule has 4 rings (SSSR count). The fourth-order valence-corrected chi connectivity index (χ4v) is 3.60. The number of halogens is 1. The lowest BCUT2D eigenvalue weighted by Gasteiger charge is -2.29. The van der Waals surface area contributed by atoms with Crippen LogP contribution in [0.3, 0.4) is 0 Å². The zero-order valence-corrected chi connectivity index (χ0v) is 11.5. The molecule has 20 heavy (non-hydrogen) atoms. The Balaban J connectivity index is 0.00000121. The lowest BCUT2D eigenvalue weighted by Crippen LogP contribution is -2.35. The number of phenolic OH excluding ortho intramolecular Hbond substituents is 1. The molecule has 1 aromatic carbocycles. The predicted octanol–water partition coefficient (Wildman–Crippen LogP) is 2.22. The van der Waals surface area contributed by atoms with Crippen molar-refractivity contribution in [2.24, 2.45) is 0 Å². The molecular weight excluding hydrogens is 280 g/mol. The van der Waals surface area contributed by atoms with Crippen molar-refractivity contribution >= 4 is 29.3 Å². The SMILES string of the molecule is Cl.O=C(O)C1c2[nH]c3ccc(O)cc3c2C2CCN1C2. The van der Waals surface area contributed by atoms with Gasteiger partial charge in [0.15, 0.2) is 0 Å². The molecule has 2 aliphatic heterocycles. The molecule has 0 amide bonds. The number of aromatic amines is 1. The van der Waals surface area contributed by atoms with Gasteiger partial charge < -0.3 is 15.2 Å². The third kappa shape index (κ3) is 1.63. The van der Waals surface area contributed by atoms with Crippen LogP contribution in [0.4, 0.5) is 0 Å². The minimum Gasteiger partial charge on any atom is -0.508 e. The first-order valence-electron chi connectivity index (χ1n) is 6.46. The van der Waals surface area contributed by atoms with Gasteiger partial charge >= 0.3 is 5.97 Å². The van der Waals surface area contributed by atoms with Gasteiger partial charge in [-0.15, -0.1) is 12.4 Å². The summed E-state index contributed by atoms with van der Waals surface area (Å²) in [6, 6.07) is 4.59. The summed E-state index contributed by atoms with van der Waals surface area (Å²) in [5.41, 5.74) is 2.79. The molecule has 0 aliphatic carbocycles. The van der Waals surface area contributed by atoms with Crippen molar-refractivity contribution in [2.45, 2.75) is 18.4 Å². The average molecular weight is 295 g/mol. The second kappa shape index (κ2) is 4.40. The van der Waals surface area contributed by atoms with E-state index in [0.29, 0.717) is 5.92 Å². The maximum atomic E-state index is 11.5. The molecule has 2 bridgehead atoms. The van der Waals surface area contributed by atoms with Crippen LogP contribution >= 0.6 is 12.4 Å². The quantitative estimate of drug-likeness (QED) is 0.754. The standard InChI is InChI=1S/C14H14N2O3.ClH/c17-8-1-2-10-9(5-8)11-7-3-4-16(6-7)13(14(18)19)12(11)15-10;/h1-2,5,7,13,15,17H,3-4,6H2,(H,18,19);1H. The van der Waals surface area contributed by atoms with Crippen LogP contribution in [0.5, 0.6) is 5.75 Å². The van der Waals surface area contributed by atoms with E-state index in [1.165, 1.54) is 0 Å². The van der Waals surface area contributed by atoms with E-state index < -0.39 is 12.0 Å². The van der Waals surface area contributed by atoms with Crippen molar-refractivity contribution in [1.29, 1.82) is 0 Å². The van der Waals surface area contributed by atoms with Gasteiger partial charge in [-0.3, -0.25) is 9.69 Å². The third-order valence-electron chi connectivity index (χ3n) is 4.35. The summed E-state index contributed by atoms with van der Waals surface area (Å²) >= 11 is 0. The third-order valence-corrected chi connectivity index (χ3v) is 4.35. The summed E-state index contributed by atoms with van der Waals surface area (Å²) in [7, 11) is 0. The highest BCUT2D eigenvalue weighted by molar-refractivity contribution is 5.90. The van der Waals surface area contributed by atoms with Gasteiger partial charge in [0, 0.05) is 29.1 Å². The average Bonchev–Trinajstić information content (AvgIpc) is 2.92. The van der Waals surface area contributed by atoms with Gasteiger partial charge in [-0.2, -0.15) is 0 Å². The number of fused-ring (bicyclic) bond motifs is 6. The van der Waals surface area contributed by atoms with Gasteiger partial charge in [0.25, 0.3) is 0 Å². The molecule has 106 valence electrons. The van der Waals surface area contributed by atoms with Crippen molar-refractivity contribution in [3.05, 3.63) is 29.5 Å². The lowest BCUT2D eigenvalue weighted by atomic mass is 9.90. The summed E-state index contributed by atoms with van der Waals surface area (Å²) in [6.07, 6.45) is 0.986. The van der Waals surface area contributed by atoms with E-state index >= 15 is 0 Å². The van der Waals surface area contributed by atoms with Gasteiger partial charge in [-0.1, -0.05) is 0 Å². The van der Waals surface area contributed by atoms with Crippen molar-refractivity contribution in [3.63, 3.8) is 0 Å². The van der Waals surface area contributed by atoms with Crippen molar-refractivity contribution in [1.82, 2.24) is 9.88 Å². The minimum atomic E-state index is -0.808. The largest absolute Gasteiger partial charge is 0.508 e. The molecule has 1 saturated heterocycles. The second-order valence-corrected chi connectivity index (χ2v) is 5.40. The van der Waals surface area contributed by atoms with Crippen molar-refractivity contribution < 1.29 is 15.0 Å². The Labute approximate surface area is 121 Å². The molecule has 3 unspecified atom stereocenters. The van der Waals surface area contributed by atoms with Crippen LogP contribution in [0.15, 0.2) is 18.2 Å². The Bertz CT molecular complexity index is 697. The highest BCUT2D eigenvalue weighted by Gasteiger charge is 2.43. The van der Waals surface area contributed by atoms with Crippen molar-refractivity contribution in [3.8, 4) is 5.75 Å². The number of aliphatic carboxylic acids is 1. The predicted molar refractivity (Wildman–Crippen MR) is 76.5 cm³/mol. The zero-order chi connectivity index (χ0) is 13.1. The van der Waals surface area contributed by atoms with Crippen LogP contribution in [0.25, 0.3) is 10.9 Å². The van der Waals surface area contributed by atoms with Crippen LogP contribution < -0.4 is 0 Å². The van der Waals surface area contributed by atoms with E-state index in [1.807, 2.05) is 11.0 Å². The van der Waals surface area contributed by atoms with Crippen LogP contribution in [-0.4, -0.2) is 39.2 Å². The number of rotatable bonds is 1. The van der Waals surface area contributed by atoms with E-state index in [4.69, 9.17) is 0 Å². The number of carboxylic acids is 1. The molecule has 0 spiro atoms. The molecular formula is C14H15ClN2O3. The minimum absolute atomic E-state index is 0. The Morgan fingerprint density at radius 1 is 1.40 bits per heavy atom. The summed E-state index contributed by atoms with van der Waals surface area (Å²) in [4.78, 5) is 16.8. The summed E-state index contributed by atoms with van der Waals surface area (Å²) in [5, 5.41) is 20.1. The molecule has 1 aromatic heterocycles. The van der Waals surface area contributed by atoms with Gasteiger partial charge in [0.2, 0.25) is 0 Å². The zero-order valence-electron chi connectivity index (χ0n) is 10.7. The van der Waals surface area contributed by atoms with Gasteiger partial charge in [-0.25, -0.2) is 0 Å². The maximum absolute atomic E-state index is 11.5. The van der Waals surface area contributed by atoms with Gasteiger partial charge in [-0.05, 0) is 36.7 Å². The molecule has 2 aromatic rings. The molecule has 0 saturated carbocycles.